The Morgan fingerprint density at radius 3 is 2.61 bits per heavy atom. The third kappa shape index (κ3) is 10.0. The number of anilines is 3. The molecule has 8 rings (SSSR count). The summed E-state index contributed by atoms with van der Waals surface area (Å²) < 4.78 is 8.41. The minimum atomic E-state index is -0.738. The van der Waals surface area contributed by atoms with Gasteiger partial charge in [0, 0.05) is 104 Å². The number of fused-ring (bicyclic) bond motifs is 2. The van der Waals surface area contributed by atoms with Crippen molar-refractivity contribution in [1.29, 1.82) is 0 Å². The molecule has 5 amide bonds. The molecule has 2 aromatic heterocycles. The first-order valence-corrected chi connectivity index (χ1v) is 22.7. The minimum absolute atomic E-state index is 0.00567. The zero-order valence-corrected chi connectivity index (χ0v) is 38.5. The second-order valence-electron chi connectivity index (χ2n) is 16.5. The van der Waals surface area contributed by atoms with Gasteiger partial charge in [0.15, 0.2) is 11.6 Å². The number of amides is 5. The fourth-order valence-corrected chi connectivity index (χ4v) is 8.81. The molecule has 3 N–H and O–H groups in total. The lowest BCUT2D eigenvalue weighted by molar-refractivity contribution is -0.137. The summed E-state index contributed by atoms with van der Waals surface area (Å²) in [5.41, 5.74) is 5.28. The molecule has 0 aliphatic carbocycles. The maximum Gasteiger partial charge on any atom is 0.255 e. The number of nitrogens with one attached hydrogen (secondary N) is 3. The summed E-state index contributed by atoms with van der Waals surface area (Å²) in [6.07, 6.45) is 5.68. The summed E-state index contributed by atoms with van der Waals surface area (Å²) in [6.45, 7) is 4.08. The Bertz CT molecular complexity index is 2690. The number of ketones is 1. The number of likely N-dealkylation sites (N-methyl/N-ethyl adjacent to an activating group) is 1. The smallest absolute Gasteiger partial charge is 0.255 e. The van der Waals surface area contributed by atoms with Gasteiger partial charge in [0.1, 0.15) is 29.3 Å². The molecule has 0 bridgehead atoms. The van der Waals surface area contributed by atoms with Gasteiger partial charge in [-0.05, 0) is 48.7 Å². The van der Waals surface area contributed by atoms with Gasteiger partial charge in [0.05, 0.1) is 25.5 Å². The van der Waals surface area contributed by atoms with Gasteiger partial charge in [-0.25, -0.2) is 9.97 Å². The van der Waals surface area contributed by atoms with E-state index in [1.54, 1.807) is 66.5 Å². The molecule has 2 atom stereocenters. The first-order valence-electron chi connectivity index (χ1n) is 21.9. The number of benzene rings is 3. The number of imide groups is 1. The van der Waals surface area contributed by atoms with Crippen LogP contribution in [0.4, 0.5) is 17.2 Å². The van der Waals surface area contributed by atoms with E-state index in [1.807, 2.05) is 37.3 Å². The average Bonchev–Trinajstić information content (AvgIpc) is 3.91. The Hall–Kier alpha value is -6.86. The quantitative estimate of drug-likeness (QED) is 0.0633. The fourth-order valence-electron chi connectivity index (χ4n) is 8.54. The molecule has 0 saturated carbocycles. The lowest BCUT2D eigenvalue weighted by atomic mass is 10.0. The van der Waals surface area contributed by atoms with Crippen LogP contribution in [-0.4, -0.2) is 105 Å². The van der Waals surface area contributed by atoms with Gasteiger partial charge in [0.2, 0.25) is 23.6 Å². The molecule has 66 heavy (non-hydrogen) atoms. The number of Topliss-reactive ketones (excluding diaryl/α,β-unsaturated/α-hetero) is 1. The number of ether oxygens (including phenoxy) is 1. The van der Waals surface area contributed by atoms with Crippen LogP contribution in [0.1, 0.15) is 88.0 Å². The number of halogens is 1. The topological polar surface area (TPSA) is 214 Å². The monoisotopic (exact) mass is 959 g/mol. The Balaban J connectivity index is 0.799. The fraction of sp³-hybridized carbons (Fsp3) is 0.362. The molecule has 3 aliphatic rings. The van der Waals surface area contributed by atoms with Gasteiger partial charge >= 0.3 is 0 Å². The largest absolute Gasteiger partial charge is 0.496 e. The highest BCUT2D eigenvalue weighted by Gasteiger charge is 2.40. The molecule has 5 heterocycles. The Morgan fingerprint density at radius 2 is 1.83 bits per heavy atom. The van der Waals surface area contributed by atoms with E-state index < -0.39 is 11.9 Å². The number of carbonyl (C=O) groups is 6. The van der Waals surface area contributed by atoms with Crippen LogP contribution in [0.5, 0.6) is 5.75 Å². The Kier molecular flexibility index (Phi) is 13.9. The van der Waals surface area contributed by atoms with Crippen LogP contribution < -0.4 is 30.5 Å². The molecule has 342 valence electrons. The first-order chi connectivity index (χ1) is 31.9. The van der Waals surface area contributed by atoms with Gasteiger partial charge in [-0.1, -0.05) is 58.4 Å². The highest BCUT2D eigenvalue weighted by molar-refractivity contribution is 9.10. The maximum atomic E-state index is 13.4. The van der Waals surface area contributed by atoms with Gasteiger partial charge < -0.3 is 30.1 Å². The first kappa shape index (κ1) is 45.7. The van der Waals surface area contributed by atoms with Crippen LogP contribution in [0.3, 0.4) is 0 Å². The van der Waals surface area contributed by atoms with E-state index in [1.165, 1.54) is 4.90 Å². The second-order valence-corrected chi connectivity index (χ2v) is 17.4. The minimum Gasteiger partial charge on any atom is -0.496 e. The van der Waals surface area contributed by atoms with Crippen LogP contribution >= 0.6 is 15.9 Å². The molecular formula is C47H50BrN11O7. The van der Waals surface area contributed by atoms with Crippen molar-refractivity contribution in [2.45, 2.75) is 83.6 Å². The number of nitrogens with zero attached hydrogens (tertiary/aromatic N) is 8. The SMILES string of the molecule is CC[C@@H]1C(=O)N(C)c2cnc(Cc3ccc(C(=O)CCc4cn(CCNCCC(=O)Nc5cccc6c5CN(C5CCC(=O)NC5=O)C6=O)nn4)cc3OC)nc2N1Cc1ccc(Br)cc1. The summed E-state index contributed by atoms with van der Waals surface area (Å²) in [7, 11) is 3.32. The van der Waals surface area contributed by atoms with Gasteiger partial charge in [-0.3, -0.25) is 38.8 Å². The lowest BCUT2D eigenvalue weighted by Gasteiger charge is -2.40. The van der Waals surface area contributed by atoms with Crippen molar-refractivity contribution >= 4 is 68.4 Å². The number of aromatic nitrogens is 5. The lowest BCUT2D eigenvalue weighted by Crippen LogP contribution is -2.52. The van der Waals surface area contributed by atoms with E-state index in [0.717, 1.165) is 15.6 Å². The van der Waals surface area contributed by atoms with Crippen LogP contribution in [0.15, 0.2) is 77.5 Å². The number of carbonyl (C=O) groups excluding carboxylic acids is 6. The van der Waals surface area contributed by atoms with E-state index in [9.17, 15) is 28.8 Å². The van der Waals surface area contributed by atoms with E-state index in [2.05, 4.69) is 52.1 Å². The highest BCUT2D eigenvalue weighted by Crippen LogP contribution is 2.37. The Morgan fingerprint density at radius 1 is 1.02 bits per heavy atom. The molecule has 1 unspecified atom stereocenters. The van der Waals surface area contributed by atoms with Crippen LogP contribution in [0.25, 0.3) is 0 Å². The summed E-state index contributed by atoms with van der Waals surface area (Å²) >= 11 is 3.50. The van der Waals surface area contributed by atoms with Crippen molar-refractivity contribution in [3.63, 3.8) is 0 Å². The average molecular weight is 961 g/mol. The van der Waals surface area contributed by atoms with Crippen molar-refractivity contribution < 1.29 is 33.5 Å². The molecule has 1 fully saturated rings. The third-order valence-corrected chi connectivity index (χ3v) is 12.7. The number of hydrogen-bond acceptors (Lipinski definition) is 13. The van der Waals surface area contributed by atoms with Crippen molar-refractivity contribution in [3.8, 4) is 5.75 Å². The van der Waals surface area contributed by atoms with Gasteiger partial charge in [-0.2, -0.15) is 0 Å². The van der Waals surface area contributed by atoms with E-state index in [4.69, 9.17) is 9.72 Å². The zero-order valence-electron chi connectivity index (χ0n) is 36.9. The molecule has 1 saturated heterocycles. The number of aryl methyl sites for hydroxylation is 1. The number of methoxy groups -OCH3 is 1. The molecule has 19 heteroatoms. The summed E-state index contributed by atoms with van der Waals surface area (Å²) in [5, 5.41) is 16.9. The predicted molar refractivity (Wildman–Crippen MR) is 247 cm³/mol. The molecule has 0 spiro atoms. The van der Waals surface area contributed by atoms with Gasteiger partial charge in [0.25, 0.3) is 5.91 Å². The van der Waals surface area contributed by atoms with Crippen LogP contribution in [-0.2, 0) is 51.7 Å². The normalized spacial score (nSPS) is 16.9. The van der Waals surface area contributed by atoms with Crippen molar-refractivity contribution in [2.75, 3.05) is 42.4 Å². The molecule has 5 aromatic rings. The van der Waals surface area contributed by atoms with Gasteiger partial charge in [-0.15, -0.1) is 5.10 Å². The predicted octanol–water partition coefficient (Wildman–Crippen LogP) is 4.39. The second kappa shape index (κ2) is 20.1. The maximum absolute atomic E-state index is 13.4. The molecular weight excluding hydrogens is 910 g/mol. The Labute approximate surface area is 389 Å². The van der Waals surface area contributed by atoms with Crippen LogP contribution in [0.2, 0.25) is 0 Å². The standard InChI is InChI=1S/C47H50BrN11O7/c1-4-36-47(65)56(2)38-24-50-41(52-44(38)58(36)25-28-8-12-31(48)13-9-28)23-30-11-10-29(22-40(30)66-3)39(60)16-14-32-26-57(55-54-32)21-20-49-19-18-43(62)51-35-7-5-6-33-34(35)27-59(46(33)64)37-15-17-42(61)53-45(37)63/h5-13,22,24,26,36-37,49H,4,14-21,23,25,27H2,1-3H3,(H,51,62)(H,53,61,63)/t36-,37?/m1/s1. The number of rotatable bonds is 18. The van der Waals surface area contributed by atoms with E-state index >= 15 is 0 Å². The molecule has 18 nitrogen and oxygen atoms in total. The summed E-state index contributed by atoms with van der Waals surface area (Å²) in [6, 6.07) is 17.4. The number of hydrogen-bond donors (Lipinski definition) is 3. The molecule has 3 aromatic carbocycles. The number of piperidine rings is 1. The zero-order chi connectivity index (χ0) is 46.5. The van der Waals surface area contributed by atoms with Crippen molar-refractivity contribution in [2.24, 2.45) is 0 Å². The van der Waals surface area contributed by atoms with E-state index in [0.29, 0.717) is 96.6 Å². The molecule has 3 aliphatic heterocycles. The van der Waals surface area contributed by atoms with E-state index in [-0.39, 0.29) is 67.7 Å². The van der Waals surface area contributed by atoms with Crippen molar-refractivity contribution in [1.82, 2.24) is 40.5 Å². The third-order valence-electron chi connectivity index (χ3n) is 12.1. The molecule has 0 radical (unpaired) electrons. The van der Waals surface area contributed by atoms with Crippen LogP contribution in [0, 0.1) is 0 Å². The summed E-state index contributed by atoms with van der Waals surface area (Å²) in [5.74, 6) is 0.338. The highest BCUT2D eigenvalue weighted by atomic mass is 79.9. The summed E-state index contributed by atoms with van der Waals surface area (Å²) in [4.78, 5) is 91.5. The van der Waals surface area contributed by atoms with Crippen molar-refractivity contribution in [3.05, 3.63) is 117 Å².